The molecule has 1 saturated heterocycles. The van der Waals surface area contributed by atoms with Gasteiger partial charge < -0.3 is 10.6 Å². The van der Waals surface area contributed by atoms with Crippen LogP contribution >= 0.6 is 0 Å². The Morgan fingerprint density at radius 1 is 1.65 bits per heavy atom. The van der Waals surface area contributed by atoms with E-state index in [1.165, 1.54) is 0 Å². The predicted octanol–water partition coefficient (Wildman–Crippen LogP) is 1.44. The van der Waals surface area contributed by atoms with Crippen molar-refractivity contribution in [1.29, 1.82) is 5.26 Å². The van der Waals surface area contributed by atoms with Crippen molar-refractivity contribution in [3.63, 3.8) is 0 Å². The summed E-state index contributed by atoms with van der Waals surface area (Å²) in [6, 6.07) is 4.13. The van der Waals surface area contributed by atoms with E-state index in [0.717, 1.165) is 30.9 Å². The fourth-order valence-corrected chi connectivity index (χ4v) is 2.29. The zero-order valence-corrected chi connectivity index (χ0v) is 10.4. The highest BCUT2D eigenvalue weighted by Crippen LogP contribution is 2.33. The van der Waals surface area contributed by atoms with Gasteiger partial charge in [0.1, 0.15) is 11.9 Å². The maximum absolute atomic E-state index is 9.21. The van der Waals surface area contributed by atoms with Gasteiger partial charge in [0.05, 0.1) is 5.56 Å². The number of aromatic nitrogens is 1. The molecule has 0 amide bonds. The van der Waals surface area contributed by atoms with E-state index in [1.807, 2.05) is 13.0 Å². The first-order valence-corrected chi connectivity index (χ1v) is 5.90. The van der Waals surface area contributed by atoms with E-state index in [1.54, 1.807) is 6.20 Å². The minimum atomic E-state index is 0.151. The van der Waals surface area contributed by atoms with E-state index < -0.39 is 0 Å². The minimum Gasteiger partial charge on any atom is -0.355 e. The van der Waals surface area contributed by atoms with Gasteiger partial charge in [-0.15, -0.1) is 0 Å². The Morgan fingerprint density at radius 3 is 3.00 bits per heavy atom. The SMILES string of the molecule is Cc1ccnc(N2CCC(C)(CN)C2)c1C#N. The third-order valence-electron chi connectivity index (χ3n) is 3.60. The Labute approximate surface area is 102 Å². The Kier molecular flexibility index (Phi) is 3.03. The van der Waals surface area contributed by atoms with Crippen LogP contribution in [0.2, 0.25) is 0 Å². The molecule has 17 heavy (non-hydrogen) atoms. The Bertz CT molecular complexity index is 463. The summed E-state index contributed by atoms with van der Waals surface area (Å²) in [6.45, 7) is 6.63. The van der Waals surface area contributed by atoms with Crippen LogP contribution in [0.15, 0.2) is 12.3 Å². The first-order chi connectivity index (χ1) is 8.09. The second kappa shape index (κ2) is 4.34. The molecule has 0 aromatic carbocycles. The number of aryl methyl sites for hydroxylation is 1. The average Bonchev–Trinajstić information content (AvgIpc) is 2.72. The maximum Gasteiger partial charge on any atom is 0.146 e. The lowest BCUT2D eigenvalue weighted by Crippen LogP contribution is -2.31. The van der Waals surface area contributed by atoms with Gasteiger partial charge in [-0.1, -0.05) is 6.92 Å². The second-order valence-corrected chi connectivity index (χ2v) is 5.12. The Morgan fingerprint density at radius 2 is 2.41 bits per heavy atom. The molecule has 1 atom stereocenters. The van der Waals surface area contributed by atoms with Gasteiger partial charge >= 0.3 is 0 Å². The molecule has 1 unspecified atom stereocenters. The molecular formula is C13H18N4. The molecule has 1 fully saturated rings. The largest absolute Gasteiger partial charge is 0.355 e. The molecule has 0 spiro atoms. The molecule has 0 saturated carbocycles. The van der Waals surface area contributed by atoms with Crippen molar-refractivity contribution >= 4 is 5.82 Å². The predicted molar refractivity (Wildman–Crippen MR) is 67.7 cm³/mol. The summed E-state index contributed by atoms with van der Waals surface area (Å²) in [5.74, 6) is 0.810. The smallest absolute Gasteiger partial charge is 0.146 e. The molecule has 4 nitrogen and oxygen atoms in total. The van der Waals surface area contributed by atoms with Crippen LogP contribution in [0.3, 0.4) is 0 Å². The van der Waals surface area contributed by atoms with Crippen molar-refractivity contribution in [2.45, 2.75) is 20.3 Å². The van der Waals surface area contributed by atoms with Crippen LogP contribution in [-0.4, -0.2) is 24.6 Å². The standard InChI is InChI=1S/C13H18N4/c1-10-3-5-16-12(11(10)7-14)17-6-4-13(2,8-15)9-17/h3,5H,4,6,8-9,15H2,1-2H3. The molecule has 0 bridgehead atoms. The third kappa shape index (κ3) is 2.11. The van der Waals surface area contributed by atoms with E-state index in [2.05, 4.69) is 22.9 Å². The maximum atomic E-state index is 9.21. The summed E-state index contributed by atoms with van der Waals surface area (Å²) < 4.78 is 0. The molecule has 1 aromatic rings. The summed E-state index contributed by atoms with van der Waals surface area (Å²) >= 11 is 0. The minimum absolute atomic E-state index is 0.151. The van der Waals surface area contributed by atoms with Gasteiger partial charge in [-0.2, -0.15) is 5.26 Å². The van der Waals surface area contributed by atoms with Crippen molar-refractivity contribution in [1.82, 2.24) is 4.98 Å². The average molecular weight is 230 g/mol. The van der Waals surface area contributed by atoms with Crippen LogP contribution in [0.5, 0.6) is 0 Å². The van der Waals surface area contributed by atoms with Gasteiger partial charge in [-0.05, 0) is 36.9 Å². The zero-order chi connectivity index (χ0) is 12.5. The molecule has 2 heterocycles. The van der Waals surface area contributed by atoms with Crippen LogP contribution in [0.25, 0.3) is 0 Å². The molecule has 4 heteroatoms. The van der Waals surface area contributed by atoms with Crippen molar-refractivity contribution in [3.05, 3.63) is 23.4 Å². The van der Waals surface area contributed by atoms with E-state index in [0.29, 0.717) is 12.1 Å². The van der Waals surface area contributed by atoms with Crippen LogP contribution in [0, 0.1) is 23.7 Å². The monoisotopic (exact) mass is 230 g/mol. The molecule has 90 valence electrons. The fourth-order valence-electron chi connectivity index (χ4n) is 2.29. The van der Waals surface area contributed by atoms with Crippen molar-refractivity contribution in [2.24, 2.45) is 11.1 Å². The summed E-state index contributed by atoms with van der Waals surface area (Å²) in [5, 5.41) is 9.21. The number of rotatable bonds is 2. The summed E-state index contributed by atoms with van der Waals surface area (Å²) in [7, 11) is 0. The quantitative estimate of drug-likeness (QED) is 0.834. The highest BCUT2D eigenvalue weighted by atomic mass is 15.2. The second-order valence-electron chi connectivity index (χ2n) is 5.12. The highest BCUT2D eigenvalue weighted by molar-refractivity contribution is 5.57. The fraction of sp³-hybridized carbons (Fsp3) is 0.538. The van der Waals surface area contributed by atoms with E-state index >= 15 is 0 Å². The lowest BCUT2D eigenvalue weighted by atomic mass is 9.90. The molecule has 0 radical (unpaired) electrons. The Hall–Kier alpha value is -1.60. The molecule has 0 aliphatic carbocycles. The van der Waals surface area contributed by atoms with Gasteiger partial charge in [0.2, 0.25) is 0 Å². The molecule has 1 aliphatic heterocycles. The van der Waals surface area contributed by atoms with E-state index in [4.69, 9.17) is 5.73 Å². The van der Waals surface area contributed by atoms with Crippen LogP contribution in [-0.2, 0) is 0 Å². The lowest BCUT2D eigenvalue weighted by Gasteiger charge is -2.24. The first kappa shape index (κ1) is 11.9. The Balaban J connectivity index is 2.32. The van der Waals surface area contributed by atoms with Crippen molar-refractivity contribution < 1.29 is 0 Å². The van der Waals surface area contributed by atoms with Gasteiger partial charge in [0, 0.05) is 19.3 Å². The number of nitrogens with zero attached hydrogens (tertiary/aromatic N) is 3. The third-order valence-corrected chi connectivity index (χ3v) is 3.60. The van der Waals surface area contributed by atoms with Gasteiger partial charge in [0.15, 0.2) is 0 Å². The zero-order valence-electron chi connectivity index (χ0n) is 10.4. The van der Waals surface area contributed by atoms with Crippen LogP contribution in [0.1, 0.15) is 24.5 Å². The number of nitrogens with two attached hydrogens (primary N) is 1. The van der Waals surface area contributed by atoms with Gasteiger partial charge in [0.25, 0.3) is 0 Å². The van der Waals surface area contributed by atoms with Gasteiger partial charge in [-0.3, -0.25) is 0 Å². The number of anilines is 1. The van der Waals surface area contributed by atoms with Crippen molar-refractivity contribution in [2.75, 3.05) is 24.5 Å². The first-order valence-electron chi connectivity index (χ1n) is 5.90. The molecular weight excluding hydrogens is 212 g/mol. The number of hydrogen-bond donors (Lipinski definition) is 1. The van der Waals surface area contributed by atoms with Crippen molar-refractivity contribution in [3.8, 4) is 6.07 Å². The number of pyridine rings is 1. The highest BCUT2D eigenvalue weighted by Gasteiger charge is 2.34. The number of hydrogen-bond acceptors (Lipinski definition) is 4. The van der Waals surface area contributed by atoms with Crippen LogP contribution < -0.4 is 10.6 Å². The van der Waals surface area contributed by atoms with Gasteiger partial charge in [-0.25, -0.2) is 4.98 Å². The molecule has 1 aliphatic rings. The molecule has 1 aromatic heterocycles. The van der Waals surface area contributed by atoms with E-state index in [9.17, 15) is 5.26 Å². The molecule has 2 N–H and O–H groups in total. The summed E-state index contributed by atoms with van der Waals surface area (Å²) in [4.78, 5) is 6.53. The topological polar surface area (TPSA) is 65.9 Å². The molecule has 2 rings (SSSR count). The normalized spacial score (nSPS) is 23.8. The summed E-state index contributed by atoms with van der Waals surface area (Å²) in [5.41, 5.74) is 7.62. The van der Waals surface area contributed by atoms with E-state index in [-0.39, 0.29) is 5.41 Å². The number of nitriles is 1. The lowest BCUT2D eigenvalue weighted by molar-refractivity contribution is 0.383. The van der Waals surface area contributed by atoms with Crippen LogP contribution in [0.4, 0.5) is 5.82 Å². The summed E-state index contributed by atoms with van der Waals surface area (Å²) in [6.07, 6.45) is 2.83.